The number of carboxylic acid groups (broad SMARTS) is 1. The summed E-state index contributed by atoms with van der Waals surface area (Å²) in [4.78, 5) is 23.1. The van der Waals surface area contributed by atoms with Crippen molar-refractivity contribution in [2.24, 2.45) is 0 Å². The predicted molar refractivity (Wildman–Crippen MR) is 114 cm³/mol. The van der Waals surface area contributed by atoms with Crippen LogP contribution in [0.3, 0.4) is 0 Å². The first-order valence-corrected chi connectivity index (χ1v) is 10.8. The fourth-order valence-electron chi connectivity index (χ4n) is 3.21. The van der Waals surface area contributed by atoms with Crippen molar-refractivity contribution in [2.75, 3.05) is 6.61 Å². The first kappa shape index (κ1) is 23.9. The van der Waals surface area contributed by atoms with Crippen LogP contribution in [0.5, 0.6) is 0 Å². The van der Waals surface area contributed by atoms with Crippen LogP contribution in [0.2, 0.25) is 0 Å². The summed E-state index contributed by atoms with van der Waals surface area (Å²) in [6.45, 7) is 2.42. The Morgan fingerprint density at radius 3 is 1.86 bits per heavy atom. The van der Waals surface area contributed by atoms with Crippen LogP contribution in [0.15, 0.2) is 36.4 Å². The highest BCUT2D eigenvalue weighted by Gasteiger charge is 2.16. The summed E-state index contributed by atoms with van der Waals surface area (Å²) in [7, 11) is 0. The number of hydrogen-bond donors (Lipinski definition) is 1. The molecule has 0 aliphatic carbocycles. The van der Waals surface area contributed by atoms with Crippen LogP contribution in [-0.2, 0) is 4.74 Å². The second-order valence-corrected chi connectivity index (χ2v) is 7.23. The highest BCUT2D eigenvalue weighted by atomic mass is 16.5. The van der Waals surface area contributed by atoms with Gasteiger partial charge in [0.2, 0.25) is 0 Å². The number of carbonyl (C=O) groups is 2. The Hall–Kier alpha value is -2.10. The number of allylic oxidation sites excluding steroid dienone is 2. The molecule has 0 saturated heterocycles. The lowest BCUT2D eigenvalue weighted by molar-refractivity contribution is 0.0487. The van der Waals surface area contributed by atoms with Crippen molar-refractivity contribution in [3.63, 3.8) is 0 Å². The molecule has 0 bridgehead atoms. The van der Waals surface area contributed by atoms with Gasteiger partial charge in [-0.1, -0.05) is 82.1 Å². The predicted octanol–water partition coefficient (Wildman–Crippen LogP) is 6.80. The number of benzene rings is 1. The summed E-state index contributed by atoms with van der Waals surface area (Å²) < 4.78 is 5.22. The largest absolute Gasteiger partial charge is 0.478 e. The number of hydrogen-bond acceptors (Lipinski definition) is 3. The minimum absolute atomic E-state index is 0.00898. The van der Waals surface area contributed by atoms with Crippen molar-refractivity contribution >= 4 is 11.9 Å². The second-order valence-electron chi connectivity index (χ2n) is 7.23. The highest BCUT2D eigenvalue weighted by molar-refractivity contribution is 6.02. The Balaban J connectivity index is 1.96. The van der Waals surface area contributed by atoms with E-state index in [-0.39, 0.29) is 11.1 Å². The van der Waals surface area contributed by atoms with Gasteiger partial charge in [0, 0.05) is 0 Å². The van der Waals surface area contributed by atoms with Crippen molar-refractivity contribution in [1.29, 1.82) is 0 Å². The van der Waals surface area contributed by atoms with Crippen LogP contribution in [0.1, 0.15) is 105 Å². The number of carbonyl (C=O) groups excluding carboxylic acids is 1. The van der Waals surface area contributed by atoms with Crippen molar-refractivity contribution in [1.82, 2.24) is 0 Å². The van der Waals surface area contributed by atoms with E-state index in [0.717, 1.165) is 19.3 Å². The summed E-state index contributed by atoms with van der Waals surface area (Å²) in [6, 6.07) is 6.16. The fourth-order valence-corrected chi connectivity index (χ4v) is 3.21. The van der Waals surface area contributed by atoms with E-state index in [9.17, 15) is 9.59 Å². The van der Waals surface area contributed by atoms with E-state index in [1.807, 2.05) is 0 Å². The maximum Gasteiger partial charge on any atom is 0.339 e. The number of unbranched alkanes of at least 4 members (excludes halogenated alkanes) is 11. The Morgan fingerprint density at radius 1 is 0.821 bits per heavy atom. The second kappa shape index (κ2) is 15.9. The van der Waals surface area contributed by atoms with Gasteiger partial charge < -0.3 is 9.84 Å². The molecule has 4 nitrogen and oxygen atoms in total. The van der Waals surface area contributed by atoms with Gasteiger partial charge in [0.15, 0.2) is 0 Å². The van der Waals surface area contributed by atoms with E-state index in [1.165, 1.54) is 69.9 Å². The summed E-state index contributed by atoms with van der Waals surface area (Å²) in [6.07, 6.45) is 19.2. The van der Waals surface area contributed by atoms with Crippen molar-refractivity contribution < 1.29 is 19.4 Å². The van der Waals surface area contributed by atoms with E-state index in [4.69, 9.17) is 9.84 Å². The monoisotopic (exact) mass is 388 g/mol. The summed E-state index contributed by atoms with van der Waals surface area (Å²) in [5, 5.41) is 9.11. The third kappa shape index (κ3) is 10.9. The molecule has 1 rings (SSSR count). The SMILES string of the molecule is C/C=C/CCCCCCCCCCCCCOC(=O)c1ccccc1C(=O)O. The molecule has 4 heteroatoms. The van der Waals surface area contributed by atoms with Crippen molar-refractivity contribution in [3.8, 4) is 0 Å². The molecule has 0 amide bonds. The third-order valence-electron chi connectivity index (χ3n) is 4.86. The van der Waals surface area contributed by atoms with E-state index in [1.54, 1.807) is 12.1 Å². The maximum atomic E-state index is 12.0. The lowest BCUT2D eigenvalue weighted by Gasteiger charge is -2.07. The molecule has 28 heavy (non-hydrogen) atoms. The van der Waals surface area contributed by atoms with Crippen LogP contribution in [0, 0.1) is 0 Å². The van der Waals surface area contributed by atoms with Gasteiger partial charge in [-0.3, -0.25) is 0 Å². The van der Waals surface area contributed by atoms with Gasteiger partial charge in [-0.25, -0.2) is 9.59 Å². The quantitative estimate of drug-likeness (QED) is 0.192. The summed E-state index contributed by atoms with van der Waals surface area (Å²) in [5.74, 6) is -1.66. The number of rotatable bonds is 16. The molecular weight excluding hydrogens is 352 g/mol. The van der Waals surface area contributed by atoms with E-state index >= 15 is 0 Å². The lowest BCUT2D eigenvalue weighted by atomic mass is 10.1. The fraction of sp³-hybridized carbons (Fsp3) is 0.583. The molecule has 0 unspecified atom stereocenters. The van der Waals surface area contributed by atoms with Crippen LogP contribution in [0.4, 0.5) is 0 Å². The lowest BCUT2D eigenvalue weighted by Crippen LogP contribution is -2.12. The smallest absolute Gasteiger partial charge is 0.339 e. The Kier molecular flexibility index (Phi) is 13.6. The summed E-state index contributed by atoms with van der Waals surface area (Å²) >= 11 is 0. The molecule has 1 aromatic rings. The molecule has 0 aliphatic rings. The third-order valence-corrected chi connectivity index (χ3v) is 4.86. The Morgan fingerprint density at radius 2 is 1.32 bits per heavy atom. The average molecular weight is 389 g/mol. The molecule has 0 aliphatic heterocycles. The van der Waals surface area contributed by atoms with Gasteiger partial charge >= 0.3 is 11.9 Å². The van der Waals surface area contributed by atoms with Crippen LogP contribution in [0.25, 0.3) is 0 Å². The van der Waals surface area contributed by atoms with Gasteiger partial charge in [0.05, 0.1) is 17.7 Å². The molecule has 0 atom stereocenters. The molecule has 156 valence electrons. The number of aromatic carboxylic acids is 1. The van der Waals surface area contributed by atoms with E-state index in [0.29, 0.717) is 6.61 Å². The van der Waals surface area contributed by atoms with Gasteiger partial charge in [-0.05, 0) is 38.3 Å². The van der Waals surface area contributed by atoms with Crippen molar-refractivity contribution in [2.45, 2.75) is 84.0 Å². The van der Waals surface area contributed by atoms with E-state index < -0.39 is 11.9 Å². The normalized spacial score (nSPS) is 11.0. The number of carboxylic acids is 1. The zero-order chi connectivity index (χ0) is 20.5. The molecule has 0 saturated carbocycles. The Labute approximate surface area is 170 Å². The molecular formula is C24H36O4. The number of esters is 1. The highest BCUT2D eigenvalue weighted by Crippen LogP contribution is 2.13. The van der Waals surface area contributed by atoms with Crippen LogP contribution >= 0.6 is 0 Å². The Bertz CT molecular complexity index is 592. The molecule has 0 fully saturated rings. The molecule has 0 heterocycles. The zero-order valence-electron chi connectivity index (χ0n) is 17.3. The molecule has 1 aromatic carbocycles. The topological polar surface area (TPSA) is 63.6 Å². The van der Waals surface area contributed by atoms with Gasteiger partial charge in [0.1, 0.15) is 0 Å². The molecule has 1 N–H and O–H groups in total. The maximum absolute atomic E-state index is 12.0. The van der Waals surface area contributed by atoms with Crippen molar-refractivity contribution in [3.05, 3.63) is 47.5 Å². The first-order chi connectivity index (χ1) is 13.7. The molecule has 0 radical (unpaired) electrons. The van der Waals surface area contributed by atoms with Gasteiger partial charge in [-0.15, -0.1) is 0 Å². The van der Waals surface area contributed by atoms with E-state index in [2.05, 4.69) is 19.1 Å². The average Bonchev–Trinajstić information content (AvgIpc) is 2.70. The summed E-state index contributed by atoms with van der Waals surface area (Å²) in [5.41, 5.74) is 0.113. The van der Waals surface area contributed by atoms with Gasteiger partial charge in [-0.2, -0.15) is 0 Å². The van der Waals surface area contributed by atoms with Gasteiger partial charge in [0.25, 0.3) is 0 Å². The molecule has 0 aromatic heterocycles. The standard InChI is InChI=1S/C24H36O4/c1-2-3-4-5-6-7-8-9-10-11-12-13-14-17-20-28-24(27)22-19-16-15-18-21(22)23(25)26/h2-3,15-16,18-19H,4-14,17,20H2,1H3,(H,25,26)/b3-2+. The minimum Gasteiger partial charge on any atom is -0.478 e. The zero-order valence-corrected chi connectivity index (χ0v) is 17.3. The minimum atomic E-state index is -1.11. The van der Waals surface area contributed by atoms with Crippen LogP contribution < -0.4 is 0 Å². The first-order valence-electron chi connectivity index (χ1n) is 10.8. The van der Waals surface area contributed by atoms with Crippen LogP contribution in [-0.4, -0.2) is 23.7 Å². The number of ether oxygens (including phenoxy) is 1. The molecule has 0 spiro atoms.